The summed E-state index contributed by atoms with van der Waals surface area (Å²) in [6, 6.07) is 2.43. The van der Waals surface area contributed by atoms with Crippen LogP contribution in [-0.2, 0) is 4.79 Å². The Morgan fingerprint density at radius 2 is 1.68 bits per heavy atom. The van der Waals surface area contributed by atoms with Gasteiger partial charge in [-0.15, -0.1) is 0 Å². The molecule has 0 aliphatic carbocycles. The highest BCUT2D eigenvalue weighted by molar-refractivity contribution is 5.83. The van der Waals surface area contributed by atoms with Crippen LogP contribution in [0.5, 0.6) is 17.2 Å². The highest BCUT2D eigenvalue weighted by atomic mass is 16.5. The lowest BCUT2D eigenvalue weighted by atomic mass is 10.1. The van der Waals surface area contributed by atoms with E-state index >= 15 is 0 Å². The van der Waals surface area contributed by atoms with Crippen LogP contribution in [-0.4, -0.2) is 34.3 Å². The molecule has 1 rings (SSSR count). The van der Waals surface area contributed by atoms with Crippen LogP contribution in [0.15, 0.2) is 12.1 Å². The number of rotatable bonds is 6. The van der Waals surface area contributed by atoms with Crippen LogP contribution in [0.2, 0.25) is 0 Å². The largest absolute Gasteiger partial charge is 0.493 e. The molecule has 0 heterocycles. The van der Waals surface area contributed by atoms with Crippen molar-refractivity contribution in [2.24, 2.45) is 5.73 Å². The first kappa shape index (κ1) is 15.1. The van der Waals surface area contributed by atoms with Crippen LogP contribution < -0.4 is 30.8 Å². The number of hydrogen-bond donors (Lipinski definition) is 3. The molecular weight excluding hydrogens is 250 g/mol. The SMILES string of the molecule is CNNC(=O)C(N)c1cc(OC)c(OC)c(OC)c1. The minimum absolute atomic E-state index is 0.364. The van der Waals surface area contributed by atoms with E-state index in [-0.39, 0.29) is 5.91 Å². The summed E-state index contributed by atoms with van der Waals surface area (Å²) < 4.78 is 15.6. The predicted molar refractivity (Wildman–Crippen MR) is 70.2 cm³/mol. The Kier molecular flexibility index (Phi) is 5.40. The van der Waals surface area contributed by atoms with Gasteiger partial charge in [0, 0.05) is 7.05 Å². The summed E-state index contributed by atoms with van der Waals surface area (Å²) in [6.45, 7) is 0. The fraction of sp³-hybridized carbons (Fsp3) is 0.417. The van der Waals surface area contributed by atoms with Gasteiger partial charge >= 0.3 is 0 Å². The van der Waals surface area contributed by atoms with Gasteiger partial charge in [0.2, 0.25) is 5.75 Å². The summed E-state index contributed by atoms with van der Waals surface area (Å²) in [5.41, 5.74) is 11.4. The van der Waals surface area contributed by atoms with Crippen LogP contribution in [0.1, 0.15) is 11.6 Å². The van der Waals surface area contributed by atoms with Crippen LogP contribution >= 0.6 is 0 Å². The average molecular weight is 269 g/mol. The highest BCUT2D eigenvalue weighted by Crippen LogP contribution is 2.39. The van der Waals surface area contributed by atoms with Gasteiger partial charge in [-0.05, 0) is 17.7 Å². The molecule has 1 unspecified atom stereocenters. The molecule has 7 nitrogen and oxygen atoms in total. The van der Waals surface area contributed by atoms with Gasteiger partial charge in [-0.2, -0.15) is 0 Å². The Morgan fingerprint density at radius 1 is 1.16 bits per heavy atom. The molecule has 1 aromatic rings. The van der Waals surface area contributed by atoms with E-state index in [1.807, 2.05) is 0 Å². The third-order valence-corrected chi connectivity index (χ3v) is 2.58. The van der Waals surface area contributed by atoms with Crippen molar-refractivity contribution in [2.45, 2.75) is 6.04 Å². The van der Waals surface area contributed by atoms with Gasteiger partial charge in [0.05, 0.1) is 21.3 Å². The van der Waals surface area contributed by atoms with Crippen LogP contribution in [0.25, 0.3) is 0 Å². The predicted octanol–water partition coefficient (Wildman–Crippen LogP) is -0.0372. The fourth-order valence-corrected chi connectivity index (χ4v) is 1.63. The maximum atomic E-state index is 11.7. The summed E-state index contributed by atoms with van der Waals surface area (Å²) in [4.78, 5) is 11.7. The normalized spacial score (nSPS) is 11.6. The molecule has 0 bridgehead atoms. The number of hydrogen-bond acceptors (Lipinski definition) is 6. The number of benzene rings is 1. The number of hydrazine groups is 1. The molecule has 106 valence electrons. The van der Waals surface area contributed by atoms with Crippen LogP contribution in [0, 0.1) is 0 Å². The Bertz CT molecular complexity index is 426. The number of nitrogens with one attached hydrogen (secondary N) is 2. The van der Waals surface area contributed by atoms with E-state index in [9.17, 15) is 4.79 Å². The number of ether oxygens (including phenoxy) is 3. The quantitative estimate of drug-likeness (QED) is 0.627. The van der Waals surface area contributed by atoms with Crippen molar-refractivity contribution < 1.29 is 19.0 Å². The van der Waals surface area contributed by atoms with Gasteiger partial charge in [-0.1, -0.05) is 0 Å². The molecule has 0 saturated heterocycles. The van der Waals surface area contributed by atoms with E-state index in [0.717, 1.165) is 0 Å². The van der Waals surface area contributed by atoms with E-state index in [2.05, 4.69) is 10.9 Å². The van der Waals surface area contributed by atoms with Gasteiger partial charge in [0.15, 0.2) is 11.5 Å². The van der Waals surface area contributed by atoms with Crippen LogP contribution in [0.4, 0.5) is 0 Å². The first-order valence-electron chi connectivity index (χ1n) is 5.61. The first-order valence-corrected chi connectivity index (χ1v) is 5.61. The number of nitrogens with two attached hydrogens (primary N) is 1. The highest BCUT2D eigenvalue weighted by Gasteiger charge is 2.20. The zero-order valence-corrected chi connectivity index (χ0v) is 11.4. The topological polar surface area (TPSA) is 94.8 Å². The molecule has 0 aromatic heterocycles. The van der Waals surface area contributed by atoms with Crippen LogP contribution in [0.3, 0.4) is 0 Å². The molecule has 1 amide bonds. The molecule has 0 fully saturated rings. The lowest BCUT2D eigenvalue weighted by Gasteiger charge is -2.17. The van der Waals surface area contributed by atoms with Crippen molar-refractivity contribution in [1.82, 2.24) is 10.9 Å². The standard InChI is InChI=1S/C12H19N3O4/c1-14-15-12(16)10(13)7-5-8(17-2)11(19-4)9(6-7)18-3/h5-6,10,14H,13H2,1-4H3,(H,15,16). The van der Waals surface area contributed by atoms with Crippen molar-refractivity contribution >= 4 is 5.91 Å². The lowest BCUT2D eigenvalue weighted by molar-refractivity contribution is -0.123. The number of carbonyl (C=O) groups excluding carboxylic acids is 1. The third-order valence-electron chi connectivity index (χ3n) is 2.58. The van der Waals surface area contributed by atoms with Crippen molar-refractivity contribution in [2.75, 3.05) is 28.4 Å². The Balaban J connectivity index is 3.18. The molecular formula is C12H19N3O4. The zero-order chi connectivity index (χ0) is 14.4. The van der Waals surface area contributed by atoms with E-state index < -0.39 is 6.04 Å². The number of amides is 1. The monoisotopic (exact) mass is 269 g/mol. The fourth-order valence-electron chi connectivity index (χ4n) is 1.63. The molecule has 0 aliphatic rings. The van der Waals surface area contributed by atoms with Crippen molar-refractivity contribution in [3.8, 4) is 17.2 Å². The third kappa shape index (κ3) is 3.27. The number of methoxy groups -OCH3 is 3. The second kappa shape index (κ2) is 6.81. The van der Waals surface area contributed by atoms with Gasteiger partial charge in [0.25, 0.3) is 5.91 Å². The van der Waals surface area contributed by atoms with E-state index in [4.69, 9.17) is 19.9 Å². The molecule has 19 heavy (non-hydrogen) atoms. The van der Waals surface area contributed by atoms with Gasteiger partial charge < -0.3 is 19.9 Å². The average Bonchev–Trinajstić information content (AvgIpc) is 2.44. The van der Waals surface area contributed by atoms with Crippen molar-refractivity contribution in [1.29, 1.82) is 0 Å². The Morgan fingerprint density at radius 3 is 2.05 bits per heavy atom. The first-order chi connectivity index (χ1) is 9.08. The van der Waals surface area contributed by atoms with E-state index in [1.165, 1.54) is 21.3 Å². The van der Waals surface area contributed by atoms with Crippen molar-refractivity contribution in [3.05, 3.63) is 17.7 Å². The van der Waals surface area contributed by atoms with E-state index in [1.54, 1.807) is 19.2 Å². The molecule has 0 radical (unpaired) electrons. The summed E-state index contributed by atoms with van der Waals surface area (Å²) in [6.07, 6.45) is 0. The number of carbonyl (C=O) groups is 1. The molecule has 1 atom stereocenters. The summed E-state index contributed by atoms with van der Waals surface area (Å²) in [5.74, 6) is 0.987. The second-order valence-electron chi connectivity index (χ2n) is 3.68. The molecule has 0 spiro atoms. The summed E-state index contributed by atoms with van der Waals surface area (Å²) in [7, 11) is 6.09. The molecule has 1 aromatic carbocycles. The smallest absolute Gasteiger partial charge is 0.255 e. The summed E-state index contributed by atoms with van der Waals surface area (Å²) >= 11 is 0. The maximum absolute atomic E-state index is 11.7. The minimum Gasteiger partial charge on any atom is -0.493 e. The summed E-state index contributed by atoms with van der Waals surface area (Å²) in [5, 5.41) is 0. The van der Waals surface area contributed by atoms with E-state index in [0.29, 0.717) is 22.8 Å². The Hall–Kier alpha value is -1.99. The van der Waals surface area contributed by atoms with Gasteiger partial charge in [-0.3, -0.25) is 10.2 Å². The molecule has 0 aliphatic heterocycles. The second-order valence-corrected chi connectivity index (χ2v) is 3.68. The maximum Gasteiger partial charge on any atom is 0.255 e. The lowest BCUT2D eigenvalue weighted by Crippen LogP contribution is -2.40. The molecule has 7 heteroatoms. The zero-order valence-electron chi connectivity index (χ0n) is 11.4. The van der Waals surface area contributed by atoms with Gasteiger partial charge in [-0.25, -0.2) is 5.43 Å². The minimum atomic E-state index is -0.846. The van der Waals surface area contributed by atoms with Gasteiger partial charge in [0.1, 0.15) is 6.04 Å². The Labute approximate surface area is 112 Å². The molecule has 0 saturated carbocycles. The van der Waals surface area contributed by atoms with Crippen molar-refractivity contribution in [3.63, 3.8) is 0 Å². The molecule has 4 N–H and O–H groups in total.